The number of anilines is 1. The van der Waals surface area contributed by atoms with Crippen LogP contribution in [0.3, 0.4) is 0 Å². The Balaban J connectivity index is 1.61. The average molecular weight is 480 g/mol. The highest BCUT2D eigenvalue weighted by atomic mass is 19.4. The summed E-state index contributed by atoms with van der Waals surface area (Å²) in [6.07, 6.45) is -5.83. The van der Waals surface area contributed by atoms with E-state index in [1.165, 1.54) is 12.1 Å². The van der Waals surface area contributed by atoms with Crippen LogP contribution in [0.1, 0.15) is 25.0 Å². The van der Waals surface area contributed by atoms with Gasteiger partial charge in [0.05, 0.1) is 18.2 Å². The van der Waals surface area contributed by atoms with E-state index >= 15 is 0 Å². The molecule has 184 valence electrons. The fraction of sp³-hybridized carbons (Fsp3) is 0.375. The fourth-order valence-electron chi connectivity index (χ4n) is 3.61. The first kappa shape index (κ1) is 25.5. The van der Waals surface area contributed by atoms with Crippen molar-refractivity contribution in [1.82, 2.24) is 4.57 Å². The molecule has 10 heteroatoms. The van der Waals surface area contributed by atoms with Gasteiger partial charge in [0.25, 0.3) is 0 Å². The number of amides is 1. The third kappa shape index (κ3) is 6.72. The van der Waals surface area contributed by atoms with Gasteiger partial charge in [0.1, 0.15) is 12.7 Å². The number of nitrogens with one attached hydrogen (secondary N) is 1. The molecule has 7 nitrogen and oxygen atoms in total. The van der Waals surface area contributed by atoms with E-state index in [-0.39, 0.29) is 18.4 Å². The first-order valence-corrected chi connectivity index (χ1v) is 10.7. The lowest BCUT2D eigenvalue weighted by atomic mass is 10.0. The van der Waals surface area contributed by atoms with E-state index in [4.69, 9.17) is 9.47 Å². The van der Waals surface area contributed by atoms with Crippen LogP contribution in [0.2, 0.25) is 0 Å². The van der Waals surface area contributed by atoms with E-state index in [2.05, 4.69) is 5.32 Å². The third-order valence-electron chi connectivity index (χ3n) is 5.11. The molecule has 1 unspecified atom stereocenters. The summed E-state index contributed by atoms with van der Waals surface area (Å²) >= 11 is 0. The van der Waals surface area contributed by atoms with E-state index in [1.54, 1.807) is 0 Å². The largest absolute Gasteiger partial charge is 0.447 e. The maximum Gasteiger partial charge on any atom is 0.416 e. The van der Waals surface area contributed by atoms with Gasteiger partial charge < -0.3 is 24.3 Å². The van der Waals surface area contributed by atoms with Crippen molar-refractivity contribution in [1.29, 1.82) is 0 Å². The number of fused-ring (bicyclic) bond motifs is 1. The van der Waals surface area contributed by atoms with Crippen molar-refractivity contribution in [3.05, 3.63) is 65.9 Å². The molecular formula is C24H27F3N2O5. The van der Waals surface area contributed by atoms with Gasteiger partial charge in [0.2, 0.25) is 0 Å². The zero-order valence-corrected chi connectivity index (χ0v) is 18.7. The number of halogens is 3. The topological polar surface area (TPSA) is 93.0 Å². The van der Waals surface area contributed by atoms with Crippen LogP contribution >= 0.6 is 0 Å². The number of rotatable bonds is 9. The molecule has 0 radical (unpaired) electrons. The van der Waals surface area contributed by atoms with Crippen molar-refractivity contribution < 1.29 is 37.7 Å². The minimum Gasteiger partial charge on any atom is -0.447 e. The van der Waals surface area contributed by atoms with Gasteiger partial charge in [-0.15, -0.1) is 0 Å². The molecular weight excluding hydrogens is 453 g/mol. The molecule has 34 heavy (non-hydrogen) atoms. The highest BCUT2D eigenvalue weighted by Crippen LogP contribution is 2.30. The van der Waals surface area contributed by atoms with Gasteiger partial charge in [-0.05, 0) is 49.7 Å². The lowest BCUT2D eigenvalue weighted by Crippen LogP contribution is -2.33. The van der Waals surface area contributed by atoms with E-state index < -0.39 is 30.2 Å². The van der Waals surface area contributed by atoms with Gasteiger partial charge >= 0.3 is 12.3 Å². The first-order chi connectivity index (χ1) is 16.0. The molecule has 2 aromatic carbocycles. The maximum absolute atomic E-state index is 12.8. The number of nitrogens with zero attached hydrogens (tertiary/aromatic N) is 1. The van der Waals surface area contributed by atoms with Gasteiger partial charge in [-0.1, -0.05) is 18.2 Å². The number of benzene rings is 2. The van der Waals surface area contributed by atoms with Crippen LogP contribution in [0.5, 0.6) is 0 Å². The molecule has 3 aromatic rings. The summed E-state index contributed by atoms with van der Waals surface area (Å²) in [5.74, 6) is 0. The Morgan fingerprint density at radius 1 is 1.12 bits per heavy atom. The third-order valence-corrected chi connectivity index (χ3v) is 5.11. The predicted molar refractivity (Wildman–Crippen MR) is 120 cm³/mol. The second-order valence-electron chi connectivity index (χ2n) is 8.04. The summed E-state index contributed by atoms with van der Waals surface area (Å²) in [5.41, 5.74) is 0.850. The van der Waals surface area contributed by atoms with E-state index in [0.717, 1.165) is 28.6 Å². The van der Waals surface area contributed by atoms with Gasteiger partial charge in [0, 0.05) is 29.2 Å². The second-order valence-corrected chi connectivity index (χ2v) is 8.04. The number of carbonyl (C=O) groups excluding carboxylic acids is 1. The summed E-state index contributed by atoms with van der Waals surface area (Å²) in [6.45, 7) is 3.94. The molecule has 1 aromatic heterocycles. The first-order valence-electron chi connectivity index (χ1n) is 10.7. The fourth-order valence-corrected chi connectivity index (χ4v) is 3.61. The quantitative estimate of drug-likeness (QED) is 0.391. The molecule has 0 spiro atoms. The van der Waals surface area contributed by atoms with Crippen molar-refractivity contribution >= 4 is 22.7 Å². The summed E-state index contributed by atoms with van der Waals surface area (Å²) in [6, 6.07) is 11.8. The monoisotopic (exact) mass is 480 g/mol. The van der Waals surface area contributed by atoms with E-state index in [0.29, 0.717) is 13.0 Å². The number of carbonyl (C=O) groups is 1. The normalized spacial score (nSPS) is 13.0. The molecule has 0 aliphatic carbocycles. The van der Waals surface area contributed by atoms with E-state index in [9.17, 15) is 28.2 Å². The highest BCUT2D eigenvalue weighted by Gasteiger charge is 2.30. The SMILES string of the molecule is CC(C)OC(Cc1cccc2c1ccn2CCOC(=O)Nc1cccc(C(F)(F)F)c1)C(O)O. The number of hydrogen-bond acceptors (Lipinski definition) is 5. The highest BCUT2D eigenvalue weighted by molar-refractivity contribution is 5.85. The Bertz CT molecular complexity index is 1110. The number of alkyl halides is 3. The van der Waals surface area contributed by atoms with Crippen LogP contribution in [0.4, 0.5) is 23.7 Å². The Hall–Kier alpha value is -3.08. The molecule has 0 saturated heterocycles. The van der Waals surface area contributed by atoms with Crippen LogP contribution in [-0.2, 0) is 28.6 Å². The van der Waals surface area contributed by atoms with Crippen LogP contribution < -0.4 is 5.32 Å². The molecule has 1 heterocycles. The van der Waals surface area contributed by atoms with Crippen molar-refractivity contribution in [2.45, 2.75) is 51.5 Å². The molecule has 3 rings (SSSR count). The van der Waals surface area contributed by atoms with Crippen molar-refractivity contribution in [2.75, 3.05) is 11.9 Å². The summed E-state index contributed by atoms with van der Waals surface area (Å²) in [4.78, 5) is 12.0. The standard InChI is InChI=1S/C24H27F3N2O5/c1-15(2)34-21(22(30)31)13-16-5-3-8-20-19(16)9-10-29(20)11-12-33-23(32)28-18-7-4-6-17(14-18)24(25,26)27/h3-10,14-15,21-22,30-31H,11-13H2,1-2H3,(H,28,32). The molecule has 0 fully saturated rings. The summed E-state index contributed by atoms with van der Waals surface area (Å²) < 4.78 is 51.0. The molecule has 0 aliphatic heterocycles. The smallest absolute Gasteiger partial charge is 0.416 e. The van der Waals surface area contributed by atoms with Crippen LogP contribution in [0.25, 0.3) is 10.9 Å². The van der Waals surface area contributed by atoms with Crippen LogP contribution in [0.15, 0.2) is 54.7 Å². The van der Waals surface area contributed by atoms with Crippen LogP contribution in [-0.4, -0.2) is 46.0 Å². The minimum atomic E-state index is -4.51. The number of aliphatic hydroxyl groups excluding tert-OH is 1. The molecule has 0 bridgehead atoms. The van der Waals surface area contributed by atoms with E-state index in [1.807, 2.05) is 48.9 Å². The Kier molecular flexibility index (Phi) is 8.19. The van der Waals surface area contributed by atoms with Gasteiger partial charge in [-0.25, -0.2) is 4.79 Å². The zero-order valence-electron chi connectivity index (χ0n) is 18.7. The lowest BCUT2D eigenvalue weighted by molar-refractivity contribution is -0.157. The lowest BCUT2D eigenvalue weighted by Gasteiger charge is -2.22. The molecule has 1 atom stereocenters. The molecule has 3 N–H and O–H groups in total. The summed E-state index contributed by atoms with van der Waals surface area (Å²) in [5, 5.41) is 22.5. The van der Waals surface area contributed by atoms with Crippen molar-refractivity contribution in [3.8, 4) is 0 Å². The van der Waals surface area contributed by atoms with Gasteiger partial charge in [-0.3, -0.25) is 5.32 Å². The minimum absolute atomic E-state index is 0.00670. The number of aliphatic hydroxyl groups is 2. The average Bonchev–Trinajstić information content (AvgIpc) is 3.16. The van der Waals surface area contributed by atoms with Gasteiger partial charge in [-0.2, -0.15) is 13.2 Å². The van der Waals surface area contributed by atoms with Crippen LogP contribution in [0, 0.1) is 0 Å². The zero-order chi connectivity index (χ0) is 24.9. The molecule has 0 saturated carbocycles. The number of hydrogen-bond donors (Lipinski definition) is 3. The number of aromatic nitrogens is 1. The predicted octanol–water partition coefficient (Wildman–Crippen LogP) is 4.56. The Labute approximate surface area is 194 Å². The van der Waals surface area contributed by atoms with Crippen molar-refractivity contribution in [3.63, 3.8) is 0 Å². The maximum atomic E-state index is 12.8. The molecule has 0 aliphatic rings. The Morgan fingerprint density at radius 3 is 2.53 bits per heavy atom. The van der Waals surface area contributed by atoms with Gasteiger partial charge in [0.15, 0.2) is 6.29 Å². The molecule has 1 amide bonds. The van der Waals surface area contributed by atoms with Crippen molar-refractivity contribution in [2.24, 2.45) is 0 Å². The second kappa shape index (κ2) is 10.9. The summed E-state index contributed by atoms with van der Waals surface area (Å²) in [7, 11) is 0. The Morgan fingerprint density at radius 2 is 1.85 bits per heavy atom. The number of ether oxygens (including phenoxy) is 2.